The fourth-order valence-corrected chi connectivity index (χ4v) is 4.82. The molecule has 5 heteroatoms. The summed E-state index contributed by atoms with van der Waals surface area (Å²) in [5, 5.41) is 7.60. The molecule has 0 spiro atoms. The standard InChI is InChI=1S/C20H25N3OS/c25-20(21-15-6-2-1-3-7-15)22-16-12-17-8-4-9-18(13-16)23(17)14-19-10-5-11-24-19/h1-3,5-7,10-11,16-18H,4,8-9,12-14H2,(H2,21,22,25)/p+1/t17-,18-/m1/s1. The van der Waals surface area contributed by atoms with Crippen molar-refractivity contribution in [3.05, 3.63) is 54.5 Å². The number of hydrogen-bond donors (Lipinski definition) is 3. The summed E-state index contributed by atoms with van der Waals surface area (Å²) >= 11 is 5.53. The van der Waals surface area contributed by atoms with Gasteiger partial charge >= 0.3 is 0 Å². The second-order valence-corrected chi connectivity index (χ2v) is 7.70. The summed E-state index contributed by atoms with van der Waals surface area (Å²) in [6.45, 7) is 1.02. The highest BCUT2D eigenvalue weighted by atomic mass is 32.1. The molecule has 2 aliphatic rings. The first kappa shape index (κ1) is 16.6. The summed E-state index contributed by atoms with van der Waals surface area (Å²) in [4.78, 5) is 1.71. The number of fused-ring (bicyclic) bond motifs is 2. The first-order valence-corrected chi connectivity index (χ1v) is 9.69. The third-order valence-electron chi connectivity index (χ3n) is 5.62. The Morgan fingerprint density at radius 2 is 1.84 bits per heavy atom. The number of para-hydroxylation sites is 1. The monoisotopic (exact) mass is 356 g/mol. The van der Waals surface area contributed by atoms with E-state index in [0.717, 1.165) is 23.1 Å². The highest BCUT2D eigenvalue weighted by Gasteiger charge is 2.42. The molecule has 2 aromatic rings. The predicted octanol–water partition coefficient (Wildman–Crippen LogP) is 2.73. The molecule has 132 valence electrons. The molecule has 2 aliphatic heterocycles. The van der Waals surface area contributed by atoms with Crippen molar-refractivity contribution in [2.24, 2.45) is 0 Å². The van der Waals surface area contributed by atoms with Crippen LogP contribution in [0.1, 0.15) is 37.9 Å². The summed E-state index contributed by atoms with van der Waals surface area (Å²) in [5.74, 6) is 1.11. The van der Waals surface area contributed by atoms with Crippen LogP contribution in [-0.4, -0.2) is 23.2 Å². The molecule has 0 aliphatic carbocycles. The Kier molecular flexibility index (Phi) is 5.04. The number of furan rings is 1. The van der Waals surface area contributed by atoms with Crippen LogP contribution in [0.4, 0.5) is 5.69 Å². The van der Waals surface area contributed by atoms with Crippen molar-refractivity contribution >= 4 is 23.0 Å². The predicted molar refractivity (Wildman–Crippen MR) is 104 cm³/mol. The van der Waals surface area contributed by atoms with Crippen LogP contribution in [0.2, 0.25) is 0 Å². The average Bonchev–Trinajstić information content (AvgIpc) is 3.09. The van der Waals surface area contributed by atoms with Gasteiger partial charge in [-0.2, -0.15) is 0 Å². The number of hydrogen-bond acceptors (Lipinski definition) is 2. The highest BCUT2D eigenvalue weighted by molar-refractivity contribution is 7.80. The van der Waals surface area contributed by atoms with E-state index in [4.69, 9.17) is 16.6 Å². The molecule has 2 bridgehead atoms. The van der Waals surface area contributed by atoms with Crippen molar-refractivity contribution in [2.45, 2.75) is 56.8 Å². The first-order chi connectivity index (χ1) is 12.3. The van der Waals surface area contributed by atoms with E-state index in [-0.39, 0.29) is 0 Å². The Morgan fingerprint density at radius 1 is 1.08 bits per heavy atom. The molecule has 0 unspecified atom stereocenters. The van der Waals surface area contributed by atoms with Gasteiger partial charge in [0.05, 0.1) is 18.3 Å². The van der Waals surface area contributed by atoms with Gasteiger partial charge < -0.3 is 20.0 Å². The molecule has 2 saturated heterocycles. The van der Waals surface area contributed by atoms with Crippen LogP contribution < -0.4 is 15.5 Å². The molecular formula is C20H26N3OS+. The van der Waals surface area contributed by atoms with Crippen LogP contribution in [0.25, 0.3) is 0 Å². The van der Waals surface area contributed by atoms with Crippen molar-refractivity contribution in [3.8, 4) is 0 Å². The second kappa shape index (κ2) is 7.58. The molecule has 1 aromatic heterocycles. The Labute approximate surface area is 154 Å². The van der Waals surface area contributed by atoms with Crippen molar-refractivity contribution in [1.82, 2.24) is 5.32 Å². The zero-order valence-electron chi connectivity index (χ0n) is 14.4. The molecule has 0 amide bonds. The van der Waals surface area contributed by atoms with E-state index >= 15 is 0 Å². The van der Waals surface area contributed by atoms with Crippen LogP contribution >= 0.6 is 12.2 Å². The molecule has 2 fully saturated rings. The number of thiocarbonyl (C=S) groups is 1. The molecule has 3 N–H and O–H groups in total. The topological polar surface area (TPSA) is 41.6 Å². The lowest BCUT2D eigenvalue weighted by molar-refractivity contribution is -0.974. The van der Waals surface area contributed by atoms with Crippen LogP contribution in [0, 0.1) is 0 Å². The van der Waals surface area contributed by atoms with Gasteiger partial charge in [-0.25, -0.2) is 0 Å². The van der Waals surface area contributed by atoms with Crippen molar-refractivity contribution in [1.29, 1.82) is 0 Å². The second-order valence-electron chi connectivity index (χ2n) is 7.29. The number of benzene rings is 1. The van der Waals surface area contributed by atoms with Crippen molar-refractivity contribution in [2.75, 3.05) is 5.32 Å². The zero-order chi connectivity index (χ0) is 17.1. The fraction of sp³-hybridized carbons (Fsp3) is 0.450. The lowest BCUT2D eigenvalue weighted by Gasteiger charge is -2.45. The van der Waals surface area contributed by atoms with E-state index in [1.165, 1.54) is 32.1 Å². The van der Waals surface area contributed by atoms with Gasteiger partial charge in [0, 0.05) is 24.6 Å². The fourth-order valence-electron chi connectivity index (χ4n) is 4.53. The maximum atomic E-state index is 5.59. The van der Waals surface area contributed by atoms with E-state index in [0.29, 0.717) is 18.1 Å². The van der Waals surface area contributed by atoms with Gasteiger partial charge in [0.1, 0.15) is 6.54 Å². The zero-order valence-corrected chi connectivity index (χ0v) is 15.2. The smallest absolute Gasteiger partial charge is 0.171 e. The van der Waals surface area contributed by atoms with Crippen LogP contribution in [0.3, 0.4) is 0 Å². The third-order valence-corrected chi connectivity index (χ3v) is 5.84. The molecular weight excluding hydrogens is 330 g/mol. The summed E-state index contributed by atoms with van der Waals surface area (Å²) < 4.78 is 5.59. The van der Waals surface area contributed by atoms with Crippen LogP contribution in [0.5, 0.6) is 0 Å². The van der Waals surface area contributed by atoms with Gasteiger partial charge in [-0.3, -0.25) is 0 Å². The number of nitrogens with one attached hydrogen (secondary N) is 3. The maximum Gasteiger partial charge on any atom is 0.171 e. The lowest BCUT2D eigenvalue weighted by Crippen LogP contribution is -3.20. The van der Waals surface area contributed by atoms with Gasteiger partial charge in [-0.05, 0) is 55.7 Å². The van der Waals surface area contributed by atoms with Gasteiger partial charge in [-0.15, -0.1) is 0 Å². The molecule has 4 nitrogen and oxygen atoms in total. The number of quaternary nitrogens is 1. The van der Waals surface area contributed by atoms with Crippen molar-refractivity contribution < 1.29 is 9.32 Å². The molecule has 2 atom stereocenters. The minimum atomic E-state index is 0.472. The van der Waals surface area contributed by atoms with Gasteiger partial charge in [0.25, 0.3) is 0 Å². The van der Waals surface area contributed by atoms with Gasteiger partial charge in [0.2, 0.25) is 0 Å². The van der Waals surface area contributed by atoms with Gasteiger partial charge in [0.15, 0.2) is 10.9 Å². The van der Waals surface area contributed by atoms with E-state index in [2.05, 4.69) is 16.7 Å². The molecule has 1 aromatic carbocycles. The quantitative estimate of drug-likeness (QED) is 0.737. The van der Waals surface area contributed by atoms with Crippen molar-refractivity contribution in [3.63, 3.8) is 0 Å². The largest absolute Gasteiger partial charge is 0.463 e. The molecule has 3 heterocycles. The first-order valence-electron chi connectivity index (χ1n) is 9.28. The molecule has 25 heavy (non-hydrogen) atoms. The summed E-state index contributed by atoms with van der Waals surface area (Å²) in [7, 11) is 0. The van der Waals surface area contributed by atoms with E-state index in [1.54, 1.807) is 11.2 Å². The van der Waals surface area contributed by atoms with E-state index in [9.17, 15) is 0 Å². The Bertz CT molecular complexity index is 674. The number of rotatable bonds is 4. The Morgan fingerprint density at radius 3 is 2.52 bits per heavy atom. The van der Waals surface area contributed by atoms with E-state index in [1.807, 2.05) is 36.4 Å². The molecule has 0 radical (unpaired) electrons. The molecule has 0 saturated carbocycles. The van der Waals surface area contributed by atoms with Crippen LogP contribution in [0.15, 0.2) is 53.1 Å². The lowest BCUT2D eigenvalue weighted by atomic mass is 9.81. The number of anilines is 1. The van der Waals surface area contributed by atoms with E-state index < -0.39 is 0 Å². The highest BCUT2D eigenvalue weighted by Crippen LogP contribution is 2.23. The van der Waals surface area contributed by atoms with Gasteiger partial charge in [-0.1, -0.05) is 18.2 Å². The normalized spacial score (nSPS) is 28.3. The summed E-state index contributed by atoms with van der Waals surface area (Å²) in [6.07, 6.45) is 8.13. The SMILES string of the molecule is S=C(Nc1ccccc1)NC1C[C@H]2CCC[C@H](C1)[NH+]2Cc1ccco1. The van der Waals surface area contributed by atoms with Crippen LogP contribution in [-0.2, 0) is 6.54 Å². The third kappa shape index (κ3) is 4.05. The Hall–Kier alpha value is -1.85. The number of piperidine rings is 2. The minimum absolute atomic E-state index is 0.472. The maximum absolute atomic E-state index is 5.59. The minimum Gasteiger partial charge on any atom is -0.463 e. The summed E-state index contributed by atoms with van der Waals surface area (Å²) in [6, 6.07) is 16.1. The average molecular weight is 357 g/mol. The summed E-state index contributed by atoms with van der Waals surface area (Å²) in [5.41, 5.74) is 1.04. The molecule has 4 rings (SSSR count). The Balaban J connectivity index is 1.35.